The van der Waals surface area contributed by atoms with Crippen LogP contribution in [0.3, 0.4) is 0 Å². The molecule has 0 aliphatic carbocycles. The molecule has 0 amide bonds. The molecule has 0 saturated carbocycles. The monoisotopic (exact) mass is 478 g/mol. The second-order valence-electron chi connectivity index (χ2n) is 6.50. The van der Waals surface area contributed by atoms with Crippen molar-refractivity contribution in [1.29, 1.82) is 0 Å². The summed E-state index contributed by atoms with van der Waals surface area (Å²) in [5.74, 6) is 0. The van der Waals surface area contributed by atoms with Gasteiger partial charge in [0.05, 0.1) is 5.69 Å². The summed E-state index contributed by atoms with van der Waals surface area (Å²) in [5.41, 5.74) is 7.35. The summed E-state index contributed by atoms with van der Waals surface area (Å²) in [7, 11) is 2.05. The number of aryl methyl sites for hydroxylation is 1. The van der Waals surface area contributed by atoms with Crippen LogP contribution in [0, 0.1) is 0 Å². The predicted octanol–water partition coefficient (Wildman–Crippen LogP) is 7.42. The van der Waals surface area contributed by atoms with Crippen molar-refractivity contribution in [3.8, 4) is 11.1 Å². The molecule has 0 atom stereocenters. The smallest absolute Gasteiger partial charge is 0.101 e. The summed E-state index contributed by atoms with van der Waals surface area (Å²) < 4.78 is 2.96. The molecule has 0 radical (unpaired) electrons. The minimum atomic E-state index is 0.783. The summed E-state index contributed by atoms with van der Waals surface area (Å²) in [5, 5.41) is 6.93. The van der Waals surface area contributed by atoms with Crippen LogP contribution in [-0.4, -0.2) is 9.78 Å². The van der Waals surface area contributed by atoms with Crippen molar-refractivity contribution in [3.63, 3.8) is 0 Å². The third kappa shape index (κ3) is 3.70. The molecule has 0 unspecified atom stereocenters. The van der Waals surface area contributed by atoms with Gasteiger partial charge in [-0.1, -0.05) is 84.8 Å². The first-order chi connectivity index (χ1) is 12.6. The molecule has 0 saturated heterocycles. The maximum Gasteiger partial charge on any atom is 0.101 e. The van der Waals surface area contributed by atoms with Crippen molar-refractivity contribution in [1.82, 2.24) is 9.78 Å². The van der Waals surface area contributed by atoms with Gasteiger partial charge in [-0.3, -0.25) is 4.68 Å². The zero-order chi connectivity index (χ0) is 18.7. The lowest BCUT2D eigenvalue weighted by Crippen LogP contribution is -1.98. The quantitative estimate of drug-likeness (QED) is 0.266. The Morgan fingerprint density at radius 1 is 1.19 bits per heavy atom. The first kappa shape index (κ1) is 19.4. The van der Waals surface area contributed by atoms with Gasteiger partial charge in [0.15, 0.2) is 0 Å². The fourth-order valence-electron chi connectivity index (χ4n) is 3.58. The van der Waals surface area contributed by atoms with E-state index in [2.05, 4.69) is 79.9 Å². The summed E-state index contributed by atoms with van der Waals surface area (Å²) in [6, 6.07) is 12.7. The van der Waals surface area contributed by atoms with Crippen molar-refractivity contribution in [2.75, 3.05) is 0 Å². The minimum Gasteiger partial charge on any atom is -0.267 e. The van der Waals surface area contributed by atoms with Crippen LogP contribution in [0.2, 0.25) is 5.02 Å². The van der Waals surface area contributed by atoms with Gasteiger partial charge in [0, 0.05) is 27.4 Å². The van der Waals surface area contributed by atoms with E-state index in [-0.39, 0.29) is 0 Å². The average Bonchev–Trinajstić information content (AvgIpc) is 2.97. The molecule has 0 aliphatic heterocycles. The molecule has 0 spiro atoms. The van der Waals surface area contributed by atoms with E-state index in [4.69, 9.17) is 16.7 Å². The van der Waals surface area contributed by atoms with Crippen LogP contribution < -0.4 is 0 Å². The van der Waals surface area contributed by atoms with E-state index in [1.165, 1.54) is 33.3 Å². The Hall–Kier alpha value is -1.33. The molecule has 2 aromatic carbocycles. The van der Waals surface area contributed by atoms with E-state index >= 15 is 0 Å². The third-order valence-electron chi connectivity index (χ3n) is 4.64. The van der Waals surface area contributed by atoms with Crippen molar-refractivity contribution in [3.05, 3.63) is 58.8 Å². The number of halogens is 2. The van der Waals surface area contributed by atoms with Crippen LogP contribution in [0.1, 0.15) is 44.4 Å². The van der Waals surface area contributed by atoms with Gasteiger partial charge in [-0.15, -0.1) is 0 Å². The van der Waals surface area contributed by atoms with E-state index in [1.54, 1.807) is 0 Å². The zero-order valence-corrected chi connectivity index (χ0v) is 18.4. The number of allylic oxidation sites excluding steroid dienone is 2. The first-order valence-electron chi connectivity index (χ1n) is 9.10. The van der Waals surface area contributed by atoms with E-state index < -0.39 is 0 Å². The Balaban J connectivity index is 2.26. The predicted molar refractivity (Wildman–Crippen MR) is 122 cm³/mol. The summed E-state index contributed by atoms with van der Waals surface area (Å²) >= 11 is 8.61. The van der Waals surface area contributed by atoms with Crippen LogP contribution in [0.5, 0.6) is 0 Å². The maximum atomic E-state index is 6.21. The molecule has 3 rings (SSSR count). The number of aromatic nitrogens is 2. The molecular weight excluding hydrogens is 455 g/mol. The maximum absolute atomic E-state index is 6.21. The van der Waals surface area contributed by atoms with Gasteiger partial charge < -0.3 is 0 Å². The standard InChI is InChI=1S/C22H24ClIN2/c1-4-7-15(8-5-2)22-20-10-6-9-19(21(20)25-26(22)3)18-12-11-17(23)13-16(18)14-24/h6-7,9-13H,4-5,8,14H2,1-3H3. The fourth-order valence-corrected chi connectivity index (χ4v) is 4.41. The number of alkyl halides is 1. The Kier molecular flexibility index (Phi) is 6.41. The SMILES string of the molecule is CCC=C(CCC)c1c2cccc(-c3ccc(Cl)cc3CI)c2nn1C. The first-order valence-corrected chi connectivity index (χ1v) is 11.0. The Morgan fingerprint density at radius 2 is 2.00 bits per heavy atom. The molecule has 0 fully saturated rings. The third-order valence-corrected chi connectivity index (χ3v) is 5.70. The lowest BCUT2D eigenvalue weighted by atomic mass is 9.96. The van der Waals surface area contributed by atoms with E-state index in [1.807, 2.05) is 10.7 Å². The number of nitrogens with zero attached hydrogens (tertiary/aromatic N) is 2. The number of hydrogen-bond donors (Lipinski definition) is 0. The molecule has 3 aromatic rings. The van der Waals surface area contributed by atoms with Gasteiger partial charge in [-0.05, 0) is 41.7 Å². The van der Waals surface area contributed by atoms with Crippen LogP contribution in [0.25, 0.3) is 27.6 Å². The van der Waals surface area contributed by atoms with E-state index in [0.29, 0.717) is 0 Å². The molecule has 0 aliphatic rings. The molecular formula is C22H24ClIN2. The summed E-state index contributed by atoms with van der Waals surface area (Å²) in [6.45, 7) is 4.42. The number of hydrogen-bond acceptors (Lipinski definition) is 1. The molecule has 26 heavy (non-hydrogen) atoms. The van der Waals surface area contributed by atoms with Crippen LogP contribution in [0.15, 0.2) is 42.5 Å². The summed E-state index contributed by atoms with van der Waals surface area (Å²) in [4.78, 5) is 0. The highest BCUT2D eigenvalue weighted by Crippen LogP contribution is 2.36. The van der Waals surface area contributed by atoms with E-state index in [9.17, 15) is 0 Å². The van der Waals surface area contributed by atoms with Gasteiger partial charge in [0.2, 0.25) is 0 Å². The Morgan fingerprint density at radius 3 is 2.69 bits per heavy atom. The Labute approximate surface area is 174 Å². The Bertz CT molecular complexity index is 956. The average molecular weight is 479 g/mol. The largest absolute Gasteiger partial charge is 0.267 e. The van der Waals surface area contributed by atoms with Crippen LogP contribution in [0.4, 0.5) is 0 Å². The van der Waals surface area contributed by atoms with Crippen molar-refractivity contribution >= 4 is 50.7 Å². The molecule has 1 heterocycles. The fraction of sp³-hybridized carbons (Fsp3) is 0.318. The van der Waals surface area contributed by atoms with E-state index in [0.717, 1.165) is 34.2 Å². The molecule has 0 bridgehead atoms. The molecule has 0 N–H and O–H groups in total. The topological polar surface area (TPSA) is 17.8 Å². The minimum absolute atomic E-state index is 0.783. The van der Waals surface area contributed by atoms with Gasteiger partial charge in [0.25, 0.3) is 0 Å². The van der Waals surface area contributed by atoms with Gasteiger partial charge >= 0.3 is 0 Å². The van der Waals surface area contributed by atoms with Gasteiger partial charge in [-0.2, -0.15) is 5.10 Å². The highest BCUT2D eigenvalue weighted by molar-refractivity contribution is 14.1. The number of fused-ring (bicyclic) bond motifs is 1. The molecule has 2 nitrogen and oxygen atoms in total. The molecule has 136 valence electrons. The second-order valence-corrected chi connectivity index (χ2v) is 7.70. The van der Waals surface area contributed by atoms with Crippen molar-refractivity contribution in [2.24, 2.45) is 7.05 Å². The highest BCUT2D eigenvalue weighted by Gasteiger charge is 2.17. The van der Waals surface area contributed by atoms with Crippen molar-refractivity contribution in [2.45, 2.75) is 37.5 Å². The zero-order valence-electron chi connectivity index (χ0n) is 15.5. The molecule has 1 aromatic heterocycles. The highest BCUT2D eigenvalue weighted by atomic mass is 127. The van der Waals surface area contributed by atoms with Gasteiger partial charge in [0.1, 0.15) is 5.52 Å². The lowest BCUT2D eigenvalue weighted by Gasteiger charge is -2.10. The summed E-state index contributed by atoms with van der Waals surface area (Å²) in [6.07, 6.45) is 5.59. The van der Waals surface area contributed by atoms with Crippen LogP contribution >= 0.6 is 34.2 Å². The molecule has 4 heteroatoms. The number of rotatable bonds is 6. The number of benzene rings is 2. The van der Waals surface area contributed by atoms with Gasteiger partial charge in [-0.25, -0.2) is 0 Å². The van der Waals surface area contributed by atoms with Crippen LogP contribution in [-0.2, 0) is 11.5 Å². The normalized spacial score (nSPS) is 12.1. The second kappa shape index (κ2) is 8.57. The lowest BCUT2D eigenvalue weighted by molar-refractivity contribution is 0.760. The van der Waals surface area contributed by atoms with Crippen molar-refractivity contribution < 1.29 is 0 Å².